The molecule has 0 spiro atoms. The van der Waals surface area contributed by atoms with Crippen LogP contribution in [-0.4, -0.2) is 39.2 Å². The van der Waals surface area contributed by atoms with E-state index < -0.39 is 0 Å². The zero-order chi connectivity index (χ0) is 19.7. The van der Waals surface area contributed by atoms with Crippen LogP contribution in [0.25, 0.3) is 0 Å². The average Bonchev–Trinajstić information content (AvgIpc) is 3.05. The second kappa shape index (κ2) is 7.62. The Morgan fingerprint density at radius 3 is 2.71 bits per heavy atom. The monoisotopic (exact) mass is 395 g/mol. The van der Waals surface area contributed by atoms with E-state index in [2.05, 4.69) is 30.6 Å². The topological polar surface area (TPSA) is 38.8 Å². The van der Waals surface area contributed by atoms with Gasteiger partial charge in [-0.05, 0) is 35.6 Å². The van der Waals surface area contributed by atoms with Crippen molar-refractivity contribution in [2.24, 2.45) is 5.41 Å². The summed E-state index contributed by atoms with van der Waals surface area (Å²) < 4.78 is 10.8. The summed E-state index contributed by atoms with van der Waals surface area (Å²) in [5.41, 5.74) is 3.03. The SMILES string of the molecule is COc1cccc(C#Cc2c(N3CCOCC3)sc3c2CC(C)(C)CC3=O)c1. The third-order valence-corrected chi connectivity index (χ3v) is 6.57. The minimum absolute atomic E-state index is 0.0279. The Kier molecular flexibility index (Phi) is 5.18. The number of ether oxygens (including phenoxy) is 2. The lowest BCUT2D eigenvalue weighted by Gasteiger charge is -2.29. The molecule has 2 aliphatic rings. The number of benzene rings is 1. The lowest BCUT2D eigenvalue weighted by molar-refractivity contribution is 0.0917. The molecular weight excluding hydrogens is 370 g/mol. The van der Waals surface area contributed by atoms with Crippen LogP contribution < -0.4 is 9.64 Å². The molecule has 2 aromatic rings. The number of carbonyl (C=O) groups is 1. The maximum atomic E-state index is 12.8. The Hall–Kier alpha value is -2.29. The highest BCUT2D eigenvalue weighted by Gasteiger charge is 2.36. The Bertz CT molecular complexity index is 958. The third-order valence-electron chi connectivity index (χ3n) is 5.24. The van der Waals surface area contributed by atoms with E-state index in [0.29, 0.717) is 19.6 Å². The summed E-state index contributed by atoms with van der Waals surface area (Å²) in [6.45, 7) is 7.43. The minimum Gasteiger partial charge on any atom is -0.497 e. The Morgan fingerprint density at radius 2 is 1.96 bits per heavy atom. The lowest BCUT2D eigenvalue weighted by atomic mass is 9.75. The van der Waals surface area contributed by atoms with Gasteiger partial charge in [0.25, 0.3) is 0 Å². The second-order valence-electron chi connectivity index (χ2n) is 8.11. The molecule has 0 amide bonds. The first-order chi connectivity index (χ1) is 13.5. The van der Waals surface area contributed by atoms with Crippen LogP contribution in [0, 0.1) is 17.3 Å². The van der Waals surface area contributed by atoms with Crippen molar-refractivity contribution < 1.29 is 14.3 Å². The van der Waals surface area contributed by atoms with Gasteiger partial charge in [0, 0.05) is 25.1 Å². The van der Waals surface area contributed by atoms with Gasteiger partial charge in [0.15, 0.2) is 5.78 Å². The molecule has 2 heterocycles. The van der Waals surface area contributed by atoms with Gasteiger partial charge >= 0.3 is 0 Å². The quantitative estimate of drug-likeness (QED) is 0.716. The molecule has 1 fully saturated rings. The summed E-state index contributed by atoms with van der Waals surface area (Å²) in [6.07, 6.45) is 1.49. The van der Waals surface area contributed by atoms with Gasteiger partial charge in [-0.1, -0.05) is 31.8 Å². The van der Waals surface area contributed by atoms with Gasteiger partial charge in [0.2, 0.25) is 0 Å². The highest BCUT2D eigenvalue weighted by molar-refractivity contribution is 7.18. The number of hydrogen-bond donors (Lipinski definition) is 0. The number of Topliss-reactive ketones (excluding diaryl/α,β-unsaturated/α-hetero) is 1. The predicted octanol–water partition coefficient (Wildman–Crippen LogP) is 4.15. The van der Waals surface area contributed by atoms with Crippen molar-refractivity contribution in [3.8, 4) is 17.6 Å². The largest absolute Gasteiger partial charge is 0.497 e. The van der Waals surface area contributed by atoms with Gasteiger partial charge < -0.3 is 14.4 Å². The van der Waals surface area contributed by atoms with E-state index >= 15 is 0 Å². The van der Waals surface area contributed by atoms with Gasteiger partial charge in [-0.15, -0.1) is 11.3 Å². The van der Waals surface area contributed by atoms with E-state index in [9.17, 15) is 4.79 Å². The molecule has 1 aromatic heterocycles. The first-order valence-corrected chi connectivity index (χ1v) is 10.5. The standard InChI is InChI=1S/C23H25NO3S/c1-23(2)14-19-18(8-7-16-5-4-6-17(13-16)26-3)22(24-9-11-27-12-10-24)28-21(19)20(25)15-23/h4-6,13H,9-12,14-15H2,1-3H3. The summed E-state index contributed by atoms with van der Waals surface area (Å²) in [4.78, 5) is 16.0. The molecule has 0 unspecified atom stereocenters. The van der Waals surface area contributed by atoms with Crippen molar-refractivity contribution in [2.45, 2.75) is 26.7 Å². The summed E-state index contributed by atoms with van der Waals surface area (Å²) >= 11 is 1.61. The van der Waals surface area contributed by atoms with Crippen molar-refractivity contribution >= 4 is 22.1 Å². The van der Waals surface area contributed by atoms with Crippen LogP contribution in [0.2, 0.25) is 0 Å². The number of ketones is 1. The zero-order valence-electron chi connectivity index (χ0n) is 16.6. The number of hydrogen-bond acceptors (Lipinski definition) is 5. The molecule has 1 aliphatic heterocycles. The van der Waals surface area contributed by atoms with Crippen molar-refractivity contribution in [3.05, 3.63) is 45.8 Å². The molecule has 1 aromatic carbocycles. The molecule has 28 heavy (non-hydrogen) atoms. The minimum atomic E-state index is -0.0279. The van der Waals surface area contributed by atoms with Crippen LogP contribution in [0.5, 0.6) is 5.75 Å². The fourth-order valence-corrected chi connectivity index (χ4v) is 5.12. The molecule has 0 atom stereocenters. The maximum absolute atomic E-state index is 12.8. The van der Waals surface area contributed by atoms with Crippen molar-refractivity contribution in [1.82, 2.24) is 0 Å². The van der Waals surface area contributed by atoms with Crippen LogP contribution in [0.15, 0.2) is 24.3 Å². The van der Waals surface area contributed by atoms with Crippen LogP contribution in [0.4, 0.5) is 5.00 Å². The summed E-state index contributed by atoms with van der Waals surface area (Å²) in [5, 5.41) is 1.12. The van der Waals surface area contributed by atoms with Crippen molar-refractivity contribution in [1.29, 1.82) is 0 Å². The van der Waals surface area contributed by atoms with E-state index in [1.807, 2.05) is 24.3 Å². The molecule has 4 nitrogen and oxygen atoms in total. The van der Waals surface area contributed by atoms with E-state index in [1.54, 1.807) is 18.4 Å². The number of morpholine rings is 1. The molecule has 146 valence electrons. The van der Waals surface area contributed by atoms with Gasteiger partial charge in [-0.2, -0.15) is 0 Å². The van der Waals surface area contributed by atoms with Crippen LogP contribution in [0.1, 0.15) is 46.6 Å². The third kappa shape index (κ3) is 3.80. The smallest absolute Gasteiger partial charge is 0.173 e. The van der Waals surface area contributed by atoms with E-state index in [0.717, 1.165) is 51.8 Å². The van der Waals surface area contributed by atoms with Gasteiger partial charge in [-0.25, -0.2) is 0 Å². The van der Waals surface area contributed by atoms with Crippen LogP contribution >= 0.6 is 11.3 Å². The molecule has 1 aliphatic carbocycles. The number of carbonyl (C=O) groups excluding carboxylic acids is 1. The van der Waals surface area contributed by atoms with E-state index in [1.165, 1.54) is 0 Å². The highest BCUT2D eigenvalue weighted by atomic mass is 32.1. The number of thiophene rings is 1. The fraction of sp³-hybridized carbons (Fsp3) is 0.435. The molecule has 1 saturated heterocycles. The van der Waals surface area contributed by atoms with Crippen LogP contribution in [0.3, 0.4) is 0 Å². The van der Waals surface area contributed by atoms with Gasteiger partial charge in [0.1, 0.15) is 10.8 Å². The number of fused-ring (bicyclic) bond motifs is 1. The number of methoxy groups -OCH3 is 1. The number of anilines is 1. The second-order valence-corrected chi connectivity index (χ2v) is 9.11. The highest BCUT2D eigenvalue weighted by Crippen LogP contribution is 2.44. The Morgan fingerprint density at radius 1 is 1.18 bits per heavy atom. The van der Waals surface area contributed by atoms with Crippen LogP contribution in [-0.2, 0) is 11.2 Å². The van der Waals surface area contributed by atoms with E-state index in [4.69, 9.17) is 9.47 Å². The zero-order valence-corrected chi connectivity index (χ0v) is 17.4. The maximum Gasteiger partial charge on any atom is 0.173 e. The molecule has 4 rings (SSSR count). The molecule has 0 saturated carbocycles. The first kappa shape index (κ1) is 19.0. The molecule has 0 N–H and O–H groups in total. The molecule has 0 radical (unpaired) electrons. The summed E-state index contributed by atoms with van der Waals surface area (Å²) in [5.74, 6) is 7.76. The van der Waals surface area contributed by atoms with E-state index in [-0.39, 0.29) is 11.2 Å². The van der Waals surface area contributed by atoms with Crippen molar-refractivity contribution in [2.75, 3.05) is 38.3 Å². The molecule has 0 bridgehead atoms. The Balaban J connectivity index is 1.80. The summed E-state index contributed by atoms with van der Waals surface area (Å²) in [6, 6.07) is 7.78. The van der Waals surface area contributed by atoms with Gasteiger partial charge in [-0.3, -0.25) is 4.79 Å². The van der Waals surface area contributed by atoms with Crippen molar-refractivity contribution in [3.63, 3.8) is 0 Å². The first-order valence-electron chi connectivity index (χ1n) is 9.64. The number of rotatable bonds is 2. The predicted molar refractivity (Wildman–Crippen MR) is 113 cm³/mol. The summed E-state index contributed by atoms with van der Waals surface area (Å²) in [7, 11) is 1.66. The molecule has 5 heteroatoms. The van der Waals surface area contributed by atoms with Gasteiger partial charge in [0.05, 0.1) is 30.8 Å². The average molecular weight is 396 g/mol. The number of nitrogens with zero attached hydrogens (tertiary/aromatic N) is 1. The normalized spacial score (nSPS) is 18.2. The lowest BCUT2D eigenvalue weighted by Crippen LogP contribution is -2.36. The molecular formula is C23H25NO3S. The Labute approximate surface area is 170 Å². The fourth-order valence-electron chi connectivity index (χ4n) is 3.86.